The second-order valence-corrected chi connectivity index (χ2v) is 9.00. The molecule has 0 bridgehead atoms. The van der Waals surface area contributed by atoms with Crippen molar-refractivity contribution in [2.24, 2.45) is 0 Å². The molecule has 2 aromatic rings. The third-order valence-corrected chi connectivity index (χ3v) is 5.71. The number of unbranched alkanes of at least 4 members (excludes halogenated alkanes) is 2. The van der Waals surface area contributed by atoms with Crippen molar-refractivity contribution in [1.29, 1.82) is 0 Å². The Bertz CT molecular complexity index is 960. The van der Waals surface area contributed by atoms with Crippen LogP contribution in [-0.2, 0) is 28.5 Å². The van der Waals surface area contributed by atoms with Crippen LogP contribution in [0.2, 0.25) is 0 Å². The SMILES string of the molecule is CCOC(=O)C=Cc1ccc(OCCCCOC(CC)OCCCCOc2ccc(C=CC(=O)OCC)cc2)cc1. The molecule has 0 aromatic heterocycles. The lowest BCUT2D eigenvalue weighted by atomic mass is 10.2. The molecule has 0 unspecified atom stereocenters. The van der Waals surface area contributed by atoms with Gasteiger partial charge in [-0.1, -0.05) is 31.2 Å². The van der Waals surface area contributed by atoms with Crippen LogP contribution in [0.4, 0.5) is 0 Å². The molecule has 0 radical (unpaired) electrons. The molecule has 0 saturated carbocycles. The molecule has 0 atom stereocenters. The highest BCUT2D eigenvalue weighted by atomic mass is 16.7. The van der Waals surface area contributed by atoms with Crippen molar-refractivity contribution >= 4 is 24.1 Å². The minimum atomic E-state index is -0.348. The van der Waals surface area contributed by atoms with Crippen LogP contribution in [-0.4, -0.2) is 57.9 Å². The maximum Gasteiger partial charge on any atom is 0.330 e. The Morgan fingerprint density at radius 3 is 1.37 bits per heavy atom. The Morgan fingerprint density at radius 2 is 1.00 bits per heavy atom. The van der Waals surface area contributed by atoms with Crippen LogP contribution in [0.15, 0.2) is 60.7 Å². The first-order chi connectivity index (χ1) is 20.0. The quantitative estimate of drug-likeness (QED) is 0.0718. The molecule has 0 amide bonds. The summed E-state index contributed by atoms with van der Waals surface area (Å²) in [4.78, 5) is 22.8. The first-order valence-corrected chi connectivity index (χ1v) is 14.4. The molecule has 0 N–H and O–H groups in total. The smallest absolute Gasteiger partial charge is 0.330 e. The number of ether oxygens (including phenoxy) is 6. The maximum atomic E-state index is 11.4. The van der Waals surface area contributed by atoms with E-state index in [1.165, 1.54) is 12.2 Å². The highest BCUT2D eigenvalue weighted by molar-refractivity contribution is 5.87. The van der Waals surface area contributed by atoms with Gasteiger partial charge in [-0.2, -0.15) is 0 Å². The summed E-state index contributed by atoms with van der Waals surface area (Å²) in [6, 6.07) is 15.1. The second-order valence-electron chi connectivity index (χ2n) is 9.00. The largest absolute Gasteiger partial charge is 0.494 e. The number of carbonyl (C=O) groups is 2. The summed E-state index contributed by atoms with van der Waals surface area (Å²) in [7, 11) is 0. The summed E-state index contributed by atoms with van der Waals surface area (Å²) in [5.41, 5.74) is 1.81. The van der Waals surface area contributed by atoms with E-state index < -0.39 is 0 Å². The van der Waals surface area contributed by atoms with E-state index in [4.69, 9.17) is 28.4 Å². The van der Waals surface area contributed by atoms with Crippen molar-refractivity contribution < 1.29 is 38.0 Å². The van der Waals surface area contributed by atoms with Gasteiger partial charge in [0.05, 0.1) is 26.4 Å². The highest BCUT2D eigenvalue weighted by Gasteiger charge is 2.06. The Labute approximate surface area is 244 Å². The van der Waals surface area contributed by atoms with Gasteiger partial charge in [-0.05, 0) is 93.5 Å². The van der Waals surface area contributed by atoms with E-state index in [2.05, 4.69) is 0 Å². The molecular weight excluding hydrogens is 524 g/mol. The van der Waals surface area contributed by atoms with E-state index in [0.29, 0.717) is 39.6 Å². The Hall–Kier alpha value is -3.62. The normalized spacial score (nSPS) is 12.0. The van der Waals surface area contributed by atoms with Gasteiger partial charge >= 0.3 is 11.9 Å². The van der Waals surface area contributed by atoms with E-state index in [1.807, 2.05) is 55.5 Å². The Kier molecular flexibility index (Phi) is 17.3. The molecule has 0 aliphatic heterocycles. The number of carbonyl (C=O) groups excluding carboxylic acids is 2. The van der Waals surface area contributed by atoms with Gasteiger partial charge in [-0.25, -0.2) is 9.59 Å². The van der Waals surface area contributed by atoms with E-state index in [9.17, 15) is 9.59 Å². The van der Waals surface area contributed by atoms with Gasteiger partial charge in [0.1, 0.15) is 11.5 Å². The lowest BCUT2D eigenvalue weighted by molar-refractivity contribution is -0.145. The summed E-state index contributed by atoms with van der Waals surface area (Å²) in [5.74, 6) is 0.883. The zero-order valence-corrected chi connectivity index (χ0v) is 24.5. The number of hydrogen-bond acceptors (Lipinski definition) is 8. The van der Waals surface area contributed by atoms with E-state index in [-0.39, 0.29) is 18.2 Å². The fraction of sp³-hybridized carbons (Fsp3) is 0.455. The third-order valence-electron chi connectivity index (χ3n) is 5.71. The highest BCUT2D eigenvalue weighted by Crippen LogP contribution is 2.15. The van der Waals surface area contributed by atoms with Crippen LogP contribution in [0.5, 0.6) is 11.5 Å². The lowest BCUT2D eigenvalue weighted by Crippen LogP contribution is -2.18. The second kappa shape index (κ2) is 21.2. The van der Waals surface area contributed by atoms with Crippen LogP contribution in [0.3, 0.4) is 0 Å². The van der Waals surface area contributed by atoms with Gasteiger partial charge in [0.15, 0.2) is 6.29 Å². The maximum absolute atomic E-state index is 11.4. The molecule has 8 heteroatoms. The molecule has 2 aromatic carbocycles. The van der Waals surface area contributed by atoms with Crippen LogP contribution >= 0.6 is 0 Å². The van der Waals surface area contributed by atoms with Crippen LogP contribution in [0, 0.1) is 0 Å². The molecule has 0 fully saturated rings. The van der Waals surface area contributed by atoms with Gasteiger partial charge < -0.3 is 28.4 Å². The molecule has 0 aliphatic carbocycles. The predicted molar refractivity (Wildman–Crippen MR) is 160 cm³/mol. The average Bonchev–Trinajstić information content (AvgIpc) is 2.99. The van der Waals surface area contributed by atoms with Crippen molar-refractivity contribution in [1.82, 2.24) is 0 Å². The monoisotopic (exact) mass is 568 g/mol. The summed E-state index contributed by atoms with van der Waals surface area (Å²) < 4.78 is 33.1. The van der Waals surface area contributed by atoms with Crippen molar-refractivity contribution in [2.75, 3.05) is 39.6 Å². The van der Waals surface area contributed by atoms with E-state index in [0.717, 1.165) is 54.7 Å². The molecule has 2 rings (SSSR count). The number of rotatable bonds is 21. The molecular formula is C33H44O8. The van der Waals surface area contributed by atoms with Gasteiger partial charge in [-0.15, -0.1) is 0 Å². The minimum Gasteiger partial charge on any atom is -0.494 e. The molecule has 0 aliphatic rings. The number of esters is 2. The van der Waals surface area contributed by atoms with Crippen molar-refractivity contribution in [3.8, 4) is 11.5 Å². The third kappa shape index (κ3) is 15.7. The number of benzene rings is 2. The lowest BCUT2D eigenvalue weighted by Gasteiger charge is -2.17. The molecule has 0 heterocycles. The number of hydrogen-bond donors (Lipinski definition) is 0. The van der Waals surface area contributed by atoms with Gasteiger partial charge in [0.25, 0.3) is 0 Å². The fourth-order valence-corrected chi connectivity index (χ4v) is 3.56. The fourth-order valence-electron chi connectivity index (χ4n) is 3.56. The summed E-state index contributed by atoms with van der Waals surface area (Å²) >= 11 is 0. The van der Waals surface area contributed by atoms with Crippen LogP contribution < -0.4 is 9.47 Å². The Balaban J connectivity index is 1.50. The average molecular weight is 569 g/mol. The van der Waals surface area contributed by atoms with Crippen molar-refractivity contribution in [3.05, 3.63) is 71.8 Å². The summed E-state index contributed by atoms with van der Waals surface area (Å²) in [6.45, 7) is 8.78. The molecule has 41 heavy (non-hydrogen) atoms. The zero-order chi connectivity index (χ0) is 29.5. The Morgan fingerprint density at radius 1 is 0.610 bits per heavy atom. The van der Waals surface area contributed by atoms with Crippen LogP contribution in [0.25, 0.3) is 12.2 Å². The van der Waals surface area contributed by atoms with Crippen molar-refractivity contribution in [2.45, 2.75) is 59.2 Å². The first kappa shape index (κ1) is 33.6. The zero-order valence-electron chi connectivity index (χ0n) is 24.5. The summed E-state index contributed by atoms with van der Waals surface area (Å²) in [5, 5.41) is 0. The summed E-state index contributed by atoms with van der Waals surface area (Å²) in [6.07, 6.45) is 10.4. The topological polar surface area (TPSA) is 89.5 Å². The predicted octanol–water partition coefficient (Wildman–Crippen LogP) is 6.63. The van der Waals surface area contributed by atoms with E-state index >= 15 is 0 Å². The molecule has 0 spiro atoms. The molecule has 8 nitrogen and oxygen atoms in total. The van der Waals surface area contributed by atoms with Gasteiger partial charge in [0.2, 0.25) is 0 Å². The molecule has 224 valence electrons. The van der Waals surface area contributed by atoms with E-state index in [1.54, 1.807) is 26.0 Å². The van der Waals surface area contributed by atoms with Gasteiger partial charge in [-0.3, -0.25) is 0 Å². The van der Waals surface area contributed by atoms with Gasteiger partial charge in [0, 0.05) is 25.4 Å². The minimum absolute atomic E-state index is 0.206. The standard InChI is InChI=1S/C33H44O8/c1-4-33(40-25-9-7-23-38-29-17-11-27(12-18-29)15-21-31(34)36-5-2)41-26-10-8-24-39-30-19-13-28(14-20-30)16-22-32(35)37-6-3/h11-22,33H,4-10,23-26H2,1-3H3. The van der Waals surface area contributed by atoms with Crippen molar-refractivity contribution in [3.63, 3.8) is 0 Å². The van der Waals surface area contributed by atoms with Crippen LogP contribution in [0.1, 0.15) is 64.0 Å². The molecule has 0 saturated heterocycles. The first-order valence-electron chi connectivity index (χ1n) is 14.4.